The molecule has 0 bridgehead atoms. The van der Waals surface area contributed by atoms with Gasteiger partial charge in [0.25, 0.3) is 0 Å². The van der Waals surface area contributed by atoms with Gasteiger partial charge in [0, 0.05) is 11.9 Å². The third kappa shape index (κ3) is 2.42. The summed E-state index contributed by atoms with van der Waals surface area (Å²) in [5.74, 6) is -0.284. The van der Waals surface area contributed by atoms with Crippen LogP contribution in [0.3, 0.4) is 0 Å². The van der Waals surface area contributed by atoms with E-state index in [-0.39, 0.29) is 5.97 Å². The van der Waals surface area contributed by atoms with Crippen molar-refractivity contribution >= 4 is 29.5 Å². The van der Waals surface area contributed by atoms with E-state index < -0.39 is 0 Å². The first-order valence-corrected chi connectivity index (χ1v) is 5.85. The Bertz CT molecular complexity index is 367. The summed E-state index contributed by atoms with van der Waals surface area (Å²) in [7, 11) is 0. The van der Waals surface area contributed by atoms with Crippen molar-refractivity contribution in [1.29, 1.82) is 0 Å². The van der Waals surface area contributed by atoms with Crippen LogP contribution in [0.1, 0.15) is 30.8 Å². The average molecular weight is 231 g/mol. The van der Waals surface area contributed by atoms with E-state index >= 15 is 0 Å². The maximum Gasteiger partial charge on any atom is 0.355 e. The number of nitrogens with zero attached hydrogens (tertiary/aromatic N) is 1. The molecule has 0 amide bonds. The van der Waals surface area contributed by atoms with Gasteiger partial charge in [-0.25, -0.2) is 4.79 Å². The molecule has 0 saturated heterocycles. The number of rotatable bonds is 4. The summed E-state index contributed by atoms with van der Waals surface area (Å²) >= 11 is 6.52. The number of carbonyl (C=O) groups is 1. The quantitative estimate of drug-likeness (QED) is 0.590. The summed E-state index contributed by atoms with van der Waals surface area (Å²) < 4.78 is 7.49. The normalized spacial score (nSPS) is 10.1. The van der Waals surface area contributed by atoms with Gasteiger partial charge in [0.1, 0.15) is 5.69 Å². The number of thiazole rings is 1. The Morgan fingerprint density at radius 3 is 2.93 bits per heavy atom. The summed E-state index contributed by atoms with van der Waals surface area (Å²) in [6.45, 7) is 5.02. The minimum Gasteiger partial charge on any atom is -0.461 e. The highest BCUT2D eigenvalue weighted by Crippen LogP contribution is 2.13. The first kappa shape index (κ1) is 11.4. The van der Waals surface area contributed by atoms with E-state index in [1.807, 2.05) is 11.5 Å². The van der Waals surface area contributed by atoms with Crippen LogP contribution in [0.5, 0.6) is 0 Å². The van der Waals surface area contributed by atoms with Gasteiger partial charge in [0.05, 0.1) is 6.61 Å². The Labute approximate surface area is 92.3 Å². The predicted molar refractivity (Wildman–Crippen MR) is 59.4 cm³/mol. The highest BCUT2D eigenvalue weighted by molar-refractivity contribution is 7.73. The second kappa shape index (κ2) is 5.26. The molecule has 1 aromatic heterocycles. The summed E-state index contributed by atoms with van der Waals surface area (Å²) in [6, 6.07) is 0. The molecule has 1 aromatic rings. The van der Waals surface area contributed by atoms with Crippen LogP contribution < -0.4 is 0 Å². The Morgan fingerprint density at radius 2 is 2.36 bits per heavy atom. The number of ether oxygens (including phenoxy) is 1. The average Bonchev–Trinajstić information content (AvgIpc) is 2.50. The van der Waals surface area contributed by atoms with Gasteiger partial charge in [-0.05, 0) is 25.6 Å². The minimum absolute atomic E-state index is 0.284. The largest absolute Gasteiger partial charge is 0.461 e. The van der Waals surface area contributed by atoms with Gasteiger partial charge in [-0.15, -0.1) is 11.3 Å². The lowest BCUT2D eigenvalue weighted by Crippen LogP contribution is -2.12. The third-order valence-electron chi connectivity index (χ3n) is 1.71. The first-order chi connectivity index (χ1) is 6.70. The molecule has 0 saturated carbocycles. The van der Waals surface area contributed by atoms with Gasteiger partial charge in [-0.1, -0.05) is 6.92 Å². The van der Waals surface area contributed by atoms with Crippen molar-refractivity contribution in [2.75, 3.05) is 6.61 Å². The van der Waals surface area contributed by atoms with Crippen molar-refractivity contribution < 1.29 is 9.53 Å². The number of aromatic nitrogens is 1. The van der Waals surface area contributed by atoms with E-state index in [1.165, 1.54) is 11.3 Å². The highest BCUT2D eigenvalue weighted by Gasteiger charge is 2.12. The topological polar surface area (TPSA) is 31.2 Å². The molecule has 5 heteroatoms. The summed E-state index contributed by atoms with van der Waals surface area (Å²) in [6.07, 6.45) is 0.956. The zero-order valence-corrected chi connectivity index (χ0v) is 9.91. The SMILES string of the molecule is CCCn1c(C(=O)OCC)csc1=S. The molecule has 0 N–H and O–H groups in total. The van der Waals surface area contributed by atoms with E-state index in [9.17, 15) is 4.79 Å². The van der Waals surface area contributed by atoms with Crippen LogP contribution in [0.25, 0.3) is 0 Å². The van der Waals surface area contributed by atoms with Gasteiger partial charge < -0.3 is 9.30 Å². The molecule has 1 rings (SSSR count). The van der Waals surface area contributed by atoms with Gasteiger partial charge in [0.15, 0.2) is 3.95 Å². The third-order valence-corrected chi connectivity index (χ3v) is 2.99. The van der Waals surface area contributed by atoms with Gasteiger partial charge >= 0.3 is 5.97 Å². The molecule has 0 aliphatic carbocycles. The van der Waals surface area contributed by atoms with Crippen LogP contribution in [0.4, 0.5) is 0 Å². The molecular weight excluding hydrogens is 218 g/mol. The lowest BCUT2D eigenvalue weighted by atomic mass is 10.4. The smallest absolute Gasteiger partial charge is 0.355 e. The Morgan fingerprint density at radius 1 is 1.64 bits per heavy atom. The molecule has 0 atom stereocenters. The molecule has 78 valence electrons. The van der Waals surface area contributed by atoms with Crippen molar-refractivity contribution in [3.05, 3.63) is 15.0 Å². The lowest BCUT2D eigenvalue weighted by Gasteiger charge is -2.05. The second-order valence-corrected chi connectivity index (χ2v) is 4.26. The van der Waals surface area contributed by atoms with Crippen LogP contribution in [0.2, 0.25) is 0 Å². The fourth-order valence-electron chi connectivity index (χ4n) is 1.13. The van der Waals surface area contributed by atoms with E-state index in [0.717, 1.165) is 16.9 Å². The van der Waals surface area contributed by atoms with Crippen molar-refractivity contribution in [3.8, 4) is 0 Å². The molecule has 0 spiro atoms. The zero-order valence-electron chi connectivity index (χ0n) is 8.28. The van der Waals surface area contributed by atoms with Crippen LogP contribution >= 0.6 is 23.6 Å². The van der Waals surface area contributed by atoms with Crippen LogP contribution in [0.15, 0.2) is 5.38 Å². The number of hydrogen-bond acceptors (Lipinski definition) is 4. The molecule has 0 unspecified atom stereocenters. The second-order valence-electron chi connectivity index (χ2n) is 2.76. The van der Waals surface area contributed by atoms with Crippen molar-refractivity contribution in [2.45, 2.75) is 26.8 Å². The van der Waals surface area contributed by atoms with E-state index in [1.54, 1.807) is 12.3 Å². The molecule has 14 heavy (non-hydrogen) atoms. The molecule has 0 aromatic carbocycles. The molecule has 0 fully saturated rings. The fraction of sp³-hybridized carbons (Fsp3) is 0.556. The van der Waals surface area contributed by atoms with Gasteiger partial charge in [-0.3, -0.25) is 0 Å². The minimum atomic E-state index is -0.284. The highest BCUT2D eigenvalue weighted by atomic mass is 32.1. The Kier molecular flexibility index (Phi) is 4.28. The lowest BCUT2D eigenvalue weighted by molar-refractivity contribution is 0.0513. The van der Waals surface area contributed by atoms with E-state index in [2.05, 4.69) is 0 Å². The Hall–Kier alpha value is -0.680. The summed E-state index contributed by atoms with van der Waals surface area (Å²) in [5, 5.41) is 1.76. The maximum atomic E-state index is 11.5. The first-order valence-electron chi connectivity index (χ1n) is 4.56. The molecule has 1 heterocycles. The fourth-order valence-corrected chi connectivity index (χ4v) is 2.22. The number of hydrogen-bond donors (Lipinski definition) is 0. The van der Waals surface area contributed by atoms with Crippen LogP contribution in [-0.2, 0) is 11.3 Å². The summed E-state index contributed by atoms with van der Waals surface area (Å²) in [5.41, 5.74) is 0.573. The van der Waals surface area contributed by atoms with Crippen molar-refractivity contribution in [2.24, 2.45) is 0 Å². The van der Waals surface area contributed by atoms with Crippen LogP contribution in [0, 0.1) is 3.95 Å². The number of esters is 1. The van der Waals surface area contributed by atoms with Crippen LogP contribution in [-0.4, -0.2) is 17.1 Å². The van der Waals surface area contributed by atoms with Gasteiger partial charge in [0.2, 0.25) is 0 Å². The molecular formula is C9H13NO2S2. The molecule has 3 nitrogen and oxygen atoms in total. The predicted octanol–water partition coefficient (Wildman–Crippen LogP) is 2.87. The molecule has 0 radical (unpaired) electrons. The Balaban J connectivity index is 2.96. The number of carbonyl (C=O) groups excluding carboxylic acids is 1. The van der Waals surface area contributed by atoms with Crippen molar-refractivity contribution in [3.63, 3.8) is 0 Å². The maximum absolute atomic E-state index is 11.5. The molecule has 0 aliphatic heterocycles. The van der Waals surface area contributed by atoms with E-state index in [0.29, 0.717) is 12.3 Å². The van der Waals surface area contributed by atoms with E-state index in [4.69, 9.17) is 17.0 Å². The standard InChI is InChI=1S/C9H13NO2S2/c1-3-5-10-7(6-14-9(10)13)8(11)12-4-2/h6H,3-5H2,1-2H3. The van der Waals surface area contributed by atoms with Gasteiger partial charge in [-0.2, -0.15) is 0 Å². The summed E-state index contributed by atoms with van der Waals surface area (Å²) in [4.78, 5) is 11.5. The zero-order chi connectivity index (χ0) is 10.6. The monoisotopic (exact) mass is 231 g/mol. The van der Waals surface area contributed by atoms with Crippen molar-refractivity contribution in [1.82, 2.24) is 4.57 Å². The molecule has 0 aliphatic rings.